The van der Waals surface area contributed by atoms with Crippen LogP contribution in [0.3, 0.4) is 0 Å². The summed E-state index contributed by atoms with van der Waals surface area (Å²) in [4.78, 5) is 126. The molecule has 9 amide bonds. The first kappa shape index (κ1) is 51.7. The van der Waals surface area contributed by atoms with E-state index in [1.54, 1.807) is 58.0 Å². The highest BCUT2D eigenvalue weighted by Crippen LogP contribution is 2.13. The number of carboxylic acid groups (broad SMARTS) is 1. The summed E-state index contributed by atoms with van der Waals surface area (Å²) in [6.07, 6.45) is 1.50. The number of rotatable bonds is 26. The van der Waals surface area contributed by atoms with E-state index in [2.05, 4.69) is 37.2 Å². The van der Waals surface area contributed by atoms with Gasteiger partial charge in [0.1, 0.15) is 36.3 Å². The van der Waals surface area contributed by atoms with Crippen molar-refractivity contribution in [1.82, 2.24) is 37.2 Å². The number of benzene rings is 1. The Labute approximate surface area is 349 Å². The summed E-state index contributed by atoms with van der Waals surface area (Å²) in [6.45, 7) is 11.2. The first-order chi connectivity index (χ1) is 28.0. The number of nitrogens with two attached hydrogens (primary N) is 2. The lowest BCUT2D eigenvalue weighted by atomic mass is 9.95. The largest absolute Gasteiger partial charge is 0.480 e. The lowest BCUT2D eigenvalue weighted by Crippen LogP contribution is -2.60. The molecule has 332 valence electrons. The van der Waals surface area contributed by atoms with Crippen LogP contribution in [-0.4, -0.2) is 107 Å². The minimum absolute atomic E-state index is 0.00954. The SMILES string of the molecule is CCC(C)C(NC(=O)C(CCC(N)=O)NC(=O)C=CC(=O)NC(C)C(=O)NCC(=O)NC(Cc1ccccc1)C(=O)O)C(=O)NC(CC(C)C)C(=O)NC(C(N)=O)C(C)C. The highest BCUT2D eigenvalue weighted by Gasteiger charge is 2.34. The smallest absolute Gasteiger partial charge is 0.326 e. The molecule has 7 unspecified atom stereocenters. The van der Waals surface area contributed by atoms with Gasteiger partial charge in [-0.05, 0) is 43.1 Å². The number of primary amides is 2. The summed E-state index contributed by atoms with van der Waals surface area (Å²) in [6, 6.07) is 1.41. The van der Waals surface area contributed by atoms with Gasteiger partial charge in [0, 0.05) is 25.0 Å². The van der Waals surface area contributed by atoms with Gasteiger partial charge in [0.25, 0.3) is 0 Å². The summed E-state index contributed by atoms with van der Waals surface area (Å²) in [5.74, 6) is -9.38. The molecule has 0 radical (unpaired) electrons. The van der Waals surface area contributed by atoms with E-state index in [1.807, 2.05) is 13.8 Å². The number of carbonyl (C=O) groups excluding carboxylic acids is 9. The van der Waals surface area contributed by atoms with Crippen molar-refractivity contribution >= 4 is 59.1 Å². The Hall–Kier alpha value is -6.34. The van der Waals surface area contributed by atoms with Gasteiger partial charge < -0.3 is 53.8 Å². The molecule has 0 bridgehead atoms. The molecule has 0 aromatic heterocycles. The molecule has 7 atom stereocenters. The molecule has 1 aromatic carbocycles. The maximum Gasteiger partial charge on any atom is 0.326 e. The van der Waals surface area contributed by atoms with E-state index in [0.717, 1.165) is 12.2 Å². The van der Waals surface area contributed by atoms with Crippen LogP contribution in [0.1, 0.15) is 79.7 Å². The third-order valence-electron chi connectivity index (χ3n) is 9.19. The van der Waals surface area contributed by atoms with Gasteiger partial charge in [-0.2, -0.15) is 0 Å². The van der Waals surface area contributed by atoms with Crippen molar-refractivity contribution in [2.24, 2.45) is 29.2 Å². The highest BCUT2D eigenvalue weighted by atomic mass is 16.4. The fourth-order valence-electron chi connectivity index (χ4n) is 5.61. The van der Waals surface area contributed by atoms with Crippen LogP contribution >= 0.6 is 0 Å². The number of amides is 9. The molecule has 0 aliphatic heterocycles. The standard InChI is InChI=1S/C40H61N9O11/c1-8-23(6)34(39(58)47-27(18-21(2)3)38(57)48-33(22(4)5)35(42)54)49-37(56)26(14-15-29(41)50)45-31(52)17-16-30(51)44-24(7)36(55)43-20-32(53)46-28(40(59)60)19-25-12-10-9-11-13-25/h9-13,16-17,21-24,26-28,33-34H,8,14-15,18-20H2,1-7H3,(H2,41,50)(H2,42,54)(H,43,55)(H,44,51)(H,45,52)(H,46,53)(H,47,58)(H,48,57)(H,49,56)(H,59,60). The second-order valence-electron chi connectivity index (χ2n) is 15.2. The van der Waals surface area contributed by atoms with E-state index in [1.165, 1.54) is 6.92 Å². The Balaban J connectivity index is 2.96. The predicted octanol–water partition coefficient (Wildman–Crippen LogP) is -1.59. The van der Waals surface area contributed by atoms with Crippen molar-refractivity contribution < 1.29 is 53.1 Å². The third kappa shape index (κ3) is 19.4. The summed E-state index contributed by atoms with van der Waals surface area (Å²) in [5, 5.41) is 26.6. The molecule has 0 heterocycles. The normalized spacial score (nSPS) is 14.6. The average molecular weight is 844 g/mol. The number of hydrogen-bond acceptors (Lipinski definition) is 10. The molecular formula is C40H61N9O11. The van der Waals surface area contributed by atoms with Crippen LogP contribution in [0.4, 0.5) is 0 Å². The molecule has 12 N–H and O–H groups in total. The zero-order valence-corrected chi connectivity index (χ0v) is 35.2. The van der Waals surface area contributed by atoms with Gasteiger partial charge >= 0.3 is 5.97 Å². The van der Waals surface area contributed by atoms with Crippen LogP contribution in [0.15, 0.2) is 42.5 Å². The maximum absolute atomic E-state index is 13.7. The molecule has 1 aromatic rings. The van der Waals surface area contributed by atoms with E-state index in [9.17, 15) is 53.1 Å². The molecular weight excluding hydrogens is 782 g/mol. The van der Waals surface area contributed by atoms with Crippen LogP contribution in [0.2, 0.25) is 0 Å². The van der Waals surface area contributed by atoms with Crippen molar-refractivity contribution in [3.63, 3.8) is 0 Å². The lowest BCUT2D eigenvalue weighted by Gasteiger charge is -2.29. The topological polar surface area (TPSA) is 327 Å². The van der Waals surface area contributed by atoms with Crippen molar-refractivity contribution in [2.45, 2.75) is 117 Å². The molecule has 1 rings (SSSR count). The van der Waals surface area contributed by atoms with Crippen molar-refractivity contribution in [2.75, 3.05) is 6.54 Å². The highest BCUT2D eigenvalue weighted by molar-refractivity contribution is 6.01. The molecule has 0 saturated heterocycles. The Morgan fingerprint density at radius 2 is 1.23 bits per heavy atom. The number of aliphatic carboxylic acids is 1. The quantitative estimate of drug-likeness (QED) is 0.0474. The van der Waals surface area contributed by atoms with Gasteiger partial charge in [0.2, 0.25) is 53.2 Å². The van der Waals surface area contributed by atoms with Gasteiger partial charge in [-0.3, -0.25) is 43.2 Å². The number of hydrogen-bond donors (Lipinski definition) is 10. The van der Waals surface area contributed by atoms with E-state index < -0.39 is 108 Å². The molecule has 60 heavy (non-hydrogen) atoms. The Morgan fingerprint density at radius 1 is 0.667 bits per heavy atom. The number of carbonyl (C=O) groups is 10. The minimum Gasteiger partial charge on any atom is -0.480 e. The molecule has 0 fully saturated rings. The summed E-state index contributed by atoms with van der Waals surface area (Å²) < 4.78 is 0. The predicted molar refractivity (Wildman–Crippen MR) is 219 cm³/mol. The fourth-order valence-corrected chi connectivity index (χ4v) is 5.61. The summed E-state index contributed by atoms with van der Waals surface area (Å²) >= 11 is 0. The van der Waals surface area contributed by atoms with Gasteiger partial charge in [-0.15, -0.1) is 0 Å². The third-order valence-corrected chi connectivity index (χ3v) is 9.19. The van der Waals surface area contributed by atoms with E-state index in [0.29, 0.717) is 12.0 Å². The van der Waals surface area contributed by atoms with Gasteiger partial charge in [-0.1, -0.05) is 78.3 Å². The van der Waals surface area contributed by atoms with E-state index in [-0.39, 0.29) is 37.5 Å². The molecule has 0 spiro atoms. The van der Waals surface area contributed by atoms with E-state index in [4.69, 9.17) is 11.5 Å². The number of carboxylic acids is 1. The fraction of sp³-hybridized carbons (Fsp3) is 0.550. The Bertz CT molecular complexity index is 1720. The zero-order chi connectivity index (χ0) is 45.7. The summed E-state index contributed by atoms with van der Waals surface area (Å²) in [7, 11) is 0. The Morgan fingerprint density at radius 3 is 1.75 bits per heavy atom. The van der Waals surface area contributed by atoms with Gasteiger partial charge in [0.15, 0.2) is 0 Å². The average Bonchev–Trinajstić information content (AvgIpc) is 3.17. The lowest BCUT2D eigenvalue weighted by molar-refractivity contribution is -0.141. The Kier molecular flexibility index (Phi) is 22.3. The van der Waals surface area contributed by atoms with Crippen molar-refractivity contribution in [3.8, 4) is 0 Å². The molecule has 0 saturated carbocycles. The van der Waals surface area contributed by atoms with E-state index >= 15 is 0 Å². The first-order valence-electron chi connectivity index (χ1n) is 19.7. The second-order valence-corrected chi connectivity index (χ2v) is 15.2. The molecule has 20 nitrogen and oxygen atoms in total. The van der Waals surface area contributed by atoms with Crippen LogP contribution in [0, 0.1) is 17.8 Å². The van der Waals surface area contributed by atoms with Crippen LogP contribution in [0.5, 0.6) is 0 Å². The van der Waals surface area contributed by atoms with Crippen molar-refractivity contribution in [1.29, 1.82) is 0 Å². The molecule has 0 aliphatic carbocycles. The van der Waals surface area contributed by atoms with Crippen molar-refractivity contribution in [3.05, 3.63) is 48.0 Å². The van der Waals surface area contributed by atoms with Gasteiger partial charge in [0.05, 0.1) is 6.54 Å². The number of nitrogens with one attached hydrogen (secondary N) is 7. The molecule has 20 heteroatoms. The minimum atomic E-state index is -1.42. The van der Waals surface area contributed by atoms with Crippen LogP contribution < -0.4 is 48.7 Å². The zero-order valence-electron chi connectivity index (χ0n) is 35.2. The second kappa shape index (κ2) is 25.9. The summed E-state index contributed by atoms with van der Waals surface area (Å²) in [5.41, 5.74) is 11.4. The first-order valence-corrected chi connectivity index (χ1v) is 19.7. The molecule has 0 aliphatic rings. The monoisotopic (exact) mass is 843 g/mol. The maximum atomic E-state index is 13.7. The van der Waals surface area contributed by atoms with Crippen LogP contribution in [-0.2, 0) is 54.4 Å². The van der Waals surface area contributed by atoms with Gasteiger partial charge in [-0.25, -0.2) is 4.79 Å². The van der Waals surface area contributed by atoms with Crippen LogP contribution in [0.25, 0.3) is 0 Å².